The van der Waals surface area contributed by atoms with Crippen LogP contribution in [-0.4, -0.2) is 54.5 Å². The molecule has 0 aliphatic carbocycles. The van der Waals surface area contributed by atoms with Gasteiger partial charge in [0.15, 0.2) is 0 Å². The van der Waals surface area contributed by atoms with Gasteiger partial charge in [-0.05, 0) is 6.42 Å². The number of halogens is 2. The van der Waals surface area contributed by atoms with Crippen molar-refractivity contribution in [2.45, 2.75) is 18.9 Å². The Morgan fingerprint density at radius 1 is 1.24 bits per heavy atom. The number of rotatable bonds is 9. The summed E-state index contributed by atoms with van der Waals surface area (Å²) in [6, 6.07) is -0.665. The molecule has 0 fully saturated rings. The summed E-state index contributed by atoms with van der Waals surface area (Å²) >= 11 is 0. The second-order valence-corrected chi connectivity index (χ2v) is 3.21. The highest BCUT2D eigenvalue weighted by molar-refractivity contribution is 8.93. The van der Waals surface area contributed by atoms with Gasteiger partial charge in [-0.25, -0.2) is 0 Å². The molecule has 0 saturated heterocycles. The molecule has 0 rings (SSSR count). The summed E-state index contributed by atoms with van der Waals surface area (Å²) in [7, 11) is 0. The maximum Gasteiger partial charge on any atom is 0.320 e. The number of carboxylic acids is 1. The fraction of sp³-hybridized carbons (Fsp3) is 0.778. The van der Waals surface area contributed by atoms with Gasteiger partial charge in [-0.1, -0.05) is 0 Å². The molecule has 104 valence electrons. The van der Waals surface area contributed by atoms with Gasteiger partial charge >= 0.3 is 5.97 Å². The molecule has 0 aliphatic heterocycles. The van der Waals surface area contributed by atoms with Gasteiger partial charge in [0.05, 0.1) is 0 Å². The van der Waals surface area contributed by atoms with Crippen molar-refractivity contribution in [1.82, 2.24) is 4.90 Å². The van der Waals surface area contributed by atoms with Crippen LogP contribution in [0.5, 0.6) is 0 Å². The fourth-order valence-electron chi connectivity index (χ4n) is 1.44. The molecule has 5 N–H and O–H groups in total. The standard InChI is InChI=1S/C9H19N3O3.2BrH/c10-3-5-12(6-4-11)8(9(14)15)2-1-7-13;;/h7-8H,1-6,10-11H2,(H,14,15);2*1H. The van der Waals surface area contributed by atoms with Crippen LogP contribution < -0.4 is 11.5 Å². The molecular formula is C9H21Br2N3O3. The van der Waals surface area contributed by atoms with E-state index in [1.54, 1.807) is 4.90 Å². The van der Waals surface area contributed by atoms with Crippen molar-refractivity contribution < 1.29 is 14.7 Å². The van der Waals surface area contributed by atoms with Crippen LogP contribution >= 0.6 is 34.0 Å². The zero-order chi connectivity index (χ0) is 11.7. The minimum Gasteiger partial charge on any atom is -0.480 e. The molecule has 0 bridgehead atoms. The first-order valence-corrected chi connectivity index (χ1v) is 4.98. The SMILES string of the molecule is Br.Br.NCCN(CCN)C(CCC=O)C(=O)O. The van der Waals surface area contributed by atoms with Crippen molar-refractivity contribution >= 4 is 46.2 Å². The molecule has 1 atom stereocenters. The van der Waals surface area contributed by atoms with Crippen molar-refractivity contribution in [3.63, 3.8) is 0 Å². The molecule has 0 saturated carbocycles. The Morgan fingerprint density at radius 3 is 2.00 bits per heavy atom. The van der Waals surface area contributed by atoms with E-state index >= 15 is 0 Å². The summed E-state index contributed by atoms with van der Waals surface area (Å²) < 4.78 is 0. The number of carboxylic acid groups (broad SMARTS) is 1. The van der Waals surface area contributed by atoms with Crippen LogP contribution in [-0.2, 0) is 9.59 Å². The Kier molecular flexibility index (Phi) is 18.3. The Morgan fingerprint density at radius 2 is 1.71 bits per heavy atom. The lowest BCUT2D eigenvalue weighted by Crippen LogP contribution is -2.46. The molecule has 6 nitrogen and oxygen atoms in total. The summed E-state index contributed by atoms with van der Waals surface area (Å²) in [5.41, 5.74) is 10.8. The number of carbonyl (C=O) groups is 2. The number of nitrogens with zero attached hydrogens (tertiary/aromatic N) is 1. The normalized spacial score (nSPS) is 11.2. The van der Waals surface area contributed by atoms with Gasteiger partial charge in [-0.15, -0.1) is 34.0 Å². The summed E-state index contributed by atoms with van der Waals surface area (Å²) in [6.07, 6.45) is 1.26. The third kappa shape index (κ3) is 9.66. The van der Waals surface area contributed by atoms with Crippen LogP contribution in [0.25, 0.3) is 0 Å². The molecule has 0 aromatic carbocycles. The lowest BCUT2D eigenvalue weighted by molar-refractivity contribution is -0.143. The quantitative estimate of drug-likeness (QED) is 0.479. The summed E-state index contributed by atoms with van der Waals surface area (Å²) in [5.74, 6) is -0.932. The Labute approximate surface area is 122 Å². The van der Waals surface area contributed by atoms with Crippen LogP contribution in [0.1, 0.15) is 12.8 Å². The summed E-state index contributed by atoms with van der Waals surface area (Å²) in [5, 5.41) is 8.98. The number of carbonyl (C=O) groups excluding carboxylic acids is 1. The lowest BCUT2D eigenvalue weighted by Gasteiger charge is -2.27. The van der Waals surface area contributed by atoms with Crippen LogP contribution in [0.2, 0.25) is 0 Å². The van der Waals surface area contributed by atoms with Gasteiger partial charge in [-0.3, -0.25) is 9.69 Å². The lowest BCUT2D eigenvalue weighted by atomic mass is 10.1. The van der Waals surface area contributed by atoms with Gasteiger partial charge in [0.2, 0.25) is 0 Å². The van der Waals surface area contributed by atoms with E-state index in [2.05, 4.69) is 0 Å². The minimum absolute atomic E-state index is 0. The largest absolute Gasteiger partial charge is 0.480 e. The van der Waals surface area contributed by atoms with Crippen LogP contribution in [0.15, 0.2) is 0 Å². The second kappa shape index (κ2) is 14.0. The first kappa shape index (κ1) is 22.2. The highest BCUT2D eigenvalue weighted by Crippen LogP contribution is 2.06. The van der Waals surface area contributed by atoms with E-state index in [0.717, 1.165) is 6.29 Å². The average Bonchev–Trinajstić information content (AvgIpc) is 2.18. The molecule has 0 aromatic heterocycles. The highest BCUT2D eigenvalue weighted by atomic mass is 79.9. The van der Waals surface area contributed by atoms with Crippen molar-refractivity contribution in [1.29, 1.82) is 0 Å². The van der Waals surface area contributed by atoms with Crippen molar-refractivity contribution in [2.24, 2.45) is 11.5 Å². The van der Waals surface area contributed by atoms with E-state index in [1.165, 1.54) is 0 Å². The molecule has 0 amide bonds. The van der Waals surface area contributed by atoms with E-state index in [-0.39, 0.29) is 40.4 Å². The highest BCUT2D eigenvalue weighted by Gasteiger charge is 2.23. The maximum absolute atomic E-state index is 11.0. The molecule has 0 spiro atoms. The molecular weight excluding hydrogens is 358 g/mol. The third-order valence-electron chi connectivity index (χ3n) is 2.12. The molecule has 1 unspecified atom stereocenters. The number of nitrogens with two attached hydrogens (primary N) is 2. The Hall–Kier alpha value is -0.0200. The second-order valence-electron chi connectivity index (χ2n) is 3.21. The van der Waals surface area contributed by atoms with Crippen LogP contribution in [0.3, 0.4) is 0 Å². The Bertz CT molecular complexity index is 202. The molecule has 17 heavy (non-hydrogen) atoms. The monoisotopic (exact) mass is 377 g/mol. The summed E-state index contributed by atoms with van der Waals surface area (Å²) in [6.45, 7) is 1.72. The van der Waals surface area contributed by atoms with Crippen LogP contribution in [0.4, 0.5) is 0 Å². The molecule has 0 radical (unpaired) electrons. The predicted octanol–water partition coefficient (Wildman–Crippen LogP) is -0.206. The van der Waals surface area contributed by atoms with Gasteiger partial charge in [0.1, 0.15) is 12.3 Å². The van der Waals surface area contributed by atoms with Gasteiger partial charge in [0.25, 0.3) is 0 Å². The first-order valence-electron chi connectivity index (χ1n) is 4.98. The van der Waals surface area contributed by atoms with Crippen LogP contribution in [0, 0.1) is 0 Å². The topological polar surface area (TPSA) is 110 Å². The smallest absolute Gasteiger partial charge is 0.320 e. The molecule has 0 aromatic rings. The van der Waals surface area contributed by atoms with E-state index in [9.17, 15) is 9.59 Å². The molecule has 8 heteroatoms. The number of hydrogen-bond donors (Lipinski definition) is 3. The molecule has 0 heterocycles. The van der Waals surface area contributed by atoms with Crippen molar-refractivity contribution in [3.8, 4) is 0 Å². The van der Waals surface area contributed by atoms with Gasteiger partial charge in [-0.2, -0.15) is 0 Å². The number of hydrogen-bond acceptors (Lipinski definition) is 5. The average molecular weight is 379 g/mol. The zero-order valence-corrected chi connectivity index (χ0v) is 13.0. The van der Waals surface area contributed by atoms with E-state index in [0.29, 0.717) is 32.6 Å². The third-order valence-corrected chi connectivity index (χ3v) is 2.12. The Balaban J connectivity index is -0.000000980. The van der Waals surface area contributed by atoms with E-state index in [1.807, 2.05) is 0 Å². The fourth-order valence-corrected chi connectivity index (χ4v) is 1.44. The zero-order valence-electron chi connectivity index (χ0n) is 9.58. The summed E-state index contributed by atoms with van der Waals surface area (Å²) in [4.78, 5) is 22.9. The number of aldehydes is 1. The minimum atomic E-state index is -0.932. The maximum atomic E-state index is 11.0. The van der Waals surface area contributed by atoms with Gasteiger partial charge in [0, 0.05) is 32.6 Å². The first-order chi connectivity index (χ1) is 7.17. The van der Waals surface area contributed by atoms with Crippen molar-refractivity contribution in [3.05, 3.63) is 0 Å². The van der Waals surface area contributed by atoms with E-state index in [4.69, 9.17) is 16.6 Å². The van der Waals surface area contributed by atoms with Gasteiger partial charge < -0.3 is 21.4 Å². The van der Waals surface area contributed by atoms with E-state index < -0.39 is 12.0 Å². The number of aliphatic carboxylic acids is 1. The van der Waals surface area contributed by atoms with Crippen molar-refractivity contribution in [2.75, 3.05) is 26.2 Å². The predicted molar refractivity (Wildman–Crippen MR) is 77.0 cm³/mol. The molecule has 0 aliphatic rings.